The Bertz CT molecular complexity index is 500. The maximum Gasteiger partial charge on any atom is 0.175 e. The maximum atomic E-state index is 11.7. The Morgan fingerprint density at radius 1 is 1.39 bits per heavy atom. The molecule has 0 aromatic heterocycles. The summed E-state index contributed by atoms with van der Waals surface area (Å²) in [5.41, 5.74) is 0.657. The fourth-order valence-corrected chi connectivity index (χ4v) is 2.90. The molecule has 3 nitrogen and oxygen atoms in total. The fourth-order valence-electron chi connectivity index (χ4n) is 1.65. The molecule has 0 spiro atoms. The highest BCUT2D eigenvalue weighted by molar-refractivity contribution is 7.90. The van der Waals surface area contributed by atoms with Gasteiger partial charge in [0, 0.05) is 23.4 Å². The van der Waals surface area contributed by atoms with E-state index in [1.165, 1.54) is 6.26 Å². The number of benzene rings is 1. The van der Waals surface area contributed by atoms with Gasteiger partial charge in [-0.25, -0.2) is 8.42 Å². The van der Waals surface area contributed by atoms with Gasteiger partial charge in [0.15, 0.2) is 9.84 Å². The van der Waals surface area contributed by atoms with E-state index in [0.29, 0.717) is 27.9 Å². The number of sulfone groups is 1. The van der Waals surface area contributed by atoms with Crippen LogP contribution < -0.4 is 5.32 Å². The maximum absolute atomic E-state index is 11.7. The van der Waals surface area contributed by atoms with Crippen LogP contribution in [0.1, 0.15) is 25.8 Å². The Labute approximate surface area is 114 Å². The summed E-state index contributed by atoms with van der Waals surface area (Å²) in [6.07, 6.45) is 2.30. The monoisotopic (exact) mass is 289 g/mol. The van der Waals surface area contributed by atoms with Crippen molar-refractivity contribution in [2.75, 3.05) is 12.8 Å². The van der Waals surface area contributed by atoms with Gasteiger partial charge < -0.3 is 5.32 Å². The lowest BCUT2D eigenvalue weighted by Gasteiger charge is -2.13. The van der Waals surface area contributed by atoms with Crippen molar-refractivity contribution in [3.63, 3.8) is 0 Å². The predicted octanol–water partition coefficient (Wildman–Crippen LogP) is 2.88. The second-order valence-corrected chi connectivity index (χ2v) is 7.02. The second-order valence-electron chi connectivity index (χ2n) is 4.63. The van der Waals surface area contributed by atoms with E-state index in [-0.39, 0.29) is 0 Å². The molecule has 0 amide bonds. The lowest BCUT2D eigenvalue weighted by atomic mass is 10.1. The largest absolute Gasteiger partial charge is 0.312 e. The summed E-state index contributed by atoms with van der Waals surface area (Å²) < 4.78 is 23.3. The molecule has 0 fully saturated rings. The molecule has 1 atom stereocenters. The van der Waals surface area contributed by atoms with Crippen molar-refractivity contribution in [2.45, 2.75) is 31.7 Å². The molecular formula is C13H20ClNO2S. The third-order valence-corrected chi connectivity index (χ3v) is 4.50. The Balaban J connectivity index is 2.88. The smallest absolute Gasteiger partial charge is 0.175 e. The van der Waals surface area contributed by atoms with Crippen molar-refractivity contribution in [1.29, 1.82) is 0 Å². The van der Waals surface area contributed by atoms with Crippen LogP contribution in [0.3, 0.4) is 0 Å². The van der Waals surface area contributed by atoms with Gasteiger partial charge >= 0.3 is 0 Å². The van der Waals surface area contributed by atoms with Crippen molar-refractivity contribution in [3.05, 3.63) is 28.8 Å². The van der Waals surface area contributed by atoms with Gasteiger partial charge in [-0.2, -0.15) is 0 Å². The minimum atomic E-state index is -3.24. The molecule has 0 saturated heterocycles. The molecule has 1 unspecified atom stereocenters. The summed E-state index contributed by atoms with van der Waals surface area (Å²) in [5.74, 6) is 0.564. The van der Waals surface area contributed by atoms with E-state index in [9.17, 15) is 8.42 Å². The molecule has 1 N–H and O–H groups in total. The Kier molecular flexibility index (Phi) is 5.63. The van der Waals surface area contributed by atoms with Crippen LogP contribution in [0.15, 0.2) is 23.1 Å². The minimum Gasteiger partial charge on any atom is -0.312 e. The topological polar surface area (TPSA) is 46.2 Å². The molecular weight excluding hydrogens is 270 g/mol. The molecule has 0 bridgehead atoms. The van der Waals surface area contributed by atoms with E-state index in [1.807, 2.05) is 0 Å². The zero-order chi connectivity index (χ0) is 13.8. The molecule has 0 radical (unpaired) electrons. The van der Waals surface area contributed by atoms with Crippen LogP contribution in [0.25, 0.3) is 0 Å². The first-order valence-electron chi connectivity index (χ1n) is 6.04. The summed E-state index contributed by atoms with van der Waals surface area (Å²) in [4.78, 5) is 0.312. The number of rotatable bonds is 6. The number of hydrogen-bond acceptors (Lipinski definition) is 3. The van der Waals surface area contributed by atoms with Crippen LogP contribution in [-0.2, 0) is 16.4 Å². The molecule has 0 aliphatic heterocycles. The highest BCUT2D eigenvalue weighted by Gasteiger charge is 2.15. The zero-order valence-electron chi connectivity index (χ0n) is 11.0. The van der Waals surface area contributed by atoms with Crippen LogP contribution in [-0.4, -0.2) is 21.2 Å². The van der Waals surface area contributed by atoms with Crippen molar-refractivity contribution < 1.29 is 8.42 Å². The number of hydrogen-bond donors (Lipinski definition) is 1. The summed E-state index contributed by atoms with van der Waals surface area (Å²) >= 11 is 6.08. The molecule has 0 heterocycles. The summed E-state index contributed by atoms with van der Waals surface area (Å²) in [6, 6.07) is 4.98. The van der Waals surface area contributed by atoms with Crippen molar-refractivity contribution in [2.24, 2.45) is 5.92 Å². The van der Waals surface area contributed by atoms with Crippen LogP contribution in [0.2, 0.25) is 5.02 Å². The quantitative estimate of drug-likeness (QED) is 0.876. The van der Waals surface area contributed by atoms with Gasteiger partial charge in [0.25, 0.3) is 0 Å². The van der Waals surface area contributed by atoms with Crippen molar-refractivity contribution >= 4 is 21.4 Å². The van der Waals surface area contributed by atoms with E-state index < -0.39 is 9.84 Å². The second kappa shape index (κ2) is 6.55. The third-order valence-electron chi connectivity index (χ3n) is 2.97. The summed E-state index contributed by atoms with van der Waals surface area (Å²) in [6.45, 7) is 5.61. The average molecular weight is 290 g/mol. The first-order valence-corrected chi connectivity index (χ1v) is 8.31. The molecule has 0 aliphatic rings. The standard InChI is InChI=1S/C13H20ClNO2S/c1-4-10(2)8-15-9-11-12(14)6-5-7-13(11)18(3,16)17/h5-7,10,15H,4,8-9H2,1-3H3. The number of halogens is 1. The van der Waals surface area contributed by atoms with E-state index in [2.05, 4.69) is 19.2 Å². The normalized spacial score (nSPS) is 13.6. The molecule has 0 aliphatic carbocycles. The molecule has 1 aromatic carbocycles. The van der Waals surface area contributed by atoms with Gasteiger partial charge in [-0.05, 0) is 24.6 Å². The van der Waals surface area contributed by atoms with Crippen LogP contribution in [0.4, 0.5) is 0 Å². The minimum absolute atomic E-state index is 0.312. The third kappa shape index (κ3) is 4.26. The van der Waals surface area contributed by atoms with E-state index >= 15 is 0 Å². The molecule has 5 heteroatoms. The van der Waals surface area contributed by atoms with Crippen molar-refractivity contribution in [1.82, 2.24) is 5.32 Å². The Hall–Kier alpha value is -0.580. The average Bonchev–Trinajstić information content (AvgIpc) is 2.29. The van der Waals surface area contributed by atoms with Gasteiger partial charge in [-0.15, -0.1) is 0 Å². The van der Waals surface area contributed by atoms with Crippen LogP contribution >= 0.6 is 11.6 Å². The highest BCUT2D eigenvalue weighted by atomic mass is 35.5. The first kappa shape index (κ1) is 15.5. The molecule has 1 rings (SSSR count). The lowest BCUT2D eigenvalue weighted by molar-refractivity contribution is 0.498. The Morgan fingerprint density at radius 2 is 2.06 bits per heavy atom. The van der Waals surface area contributed by atoms with Crippen molar-refractivity contribution in [3.8, 4) is 0 Å². The van der Waals surface area contributed by atoms with Gasteiger partial charge in [-0.3, -0.25) is 0 Å². The van der Waals surface area contributed by atoms with Gasteiger partial charge in [0.2, 0.25) is 0 Å². The predicted molar refractivity (Wildman–Crippen MR) is 75.7 cm³/mol. The molecule has 0 saturated carbocycles. The Morgan fingerprint density at radius 3 is 2.61 bits per heavy atom. The van der Waals surface area contributed by atoms with Crippen LogP contribution in [0.5, 0.6) is 0 Å². The highest BCUT2D eigenvalue weighted by Crippen LogP contribution is 2.23. The van der Waals surface area contributed by atoms with Gasteiger partial charge in [-0.1, -0.05) is 37.9 Å². The number of nitrogens with one attached hydrogen (secondary N) is 1. The van der Waals surface area contributed by atoms with Gasteiger partial charge in [0.05, 0.1) is 4.90 Å². The van der Waals surface area contributed by atoms with E-state index in [1.54, 1.807) is 18.2 Å². The fraction of sp³-hybridized carbons (Fsp3) is 0.538. The molecule has 18 heavy (non-hydrogen) atoms. The zero-order valence-corrected chi connectivity index (χ0v) is 12.6. The molecule has 102 valence electrons. The molecule has 1 aromatic rings. The van der Waals surface area contributed by atoms with E-state index in [4.69, 9.17) is 11.6 Å². The van der Waals surface area contributed by atoms with Gasteiger partial charge in [0.1, 0.15) is 0 Å². The van der Waals surface area contributed by atoms with E-state index in [0.717, 1.165) is 13.0 Å². The SMILES string of the molecule is CCC(C)CNCc1c(Cl)cccc1S(C)(=O)=O. The first-order chi connectivity index (χ1) is 8.36. The van der Waals surface area contributed by atoms with Crippen LogP contribution in [0, 0.1) is 5.92 Å². The summed E-state index contributed by atoms with van der Waals surface area (Å²) in [7, 11) is -3.24. The lowest BCUT2D eigenvalue weighted by Crippen LogP contribution is -2.21. The summed E-state index contributed by atoms with van der Waals surface area (Å²) in [5, 5.41) is 3.75.